The Bertz CT molecular complexity index is 1590. The van der Waals surface area contributed by atoms with E-state index in [4.69, 9.17) is 9.47 Å². The summed E-state index contributed by atoms with van der Waals surface area (Å²) < 4.78 is 11.0. The molecule has 0 radical (unpaired) electrons. The van der Waals surface area contributed by atoms with E-state index in [9.17, 15) is 24.8 Å². The molecule has 0 aliphatic carbocycles. The molecule has 0 heterocycles. The third-order valence-corrected chi connectivity index (χ3v) is 5.43. The number of carboxylic acids is 1. The monoisotopic (exact) mass is 491 g/mol. The van der Waals surface area contributed by atoms with E-state index in [1.807, 2.05) is 36.4 Å². The molecular formula is C29H19N2O6-. The highest BCUT2D eigenvalue weighted by Crippen LogP contribution is 2.31. The number of nitrogens with zero attached hydrogens (tertiary/aromatic N) is 1. The van der Waals surface area contributed by atoms with Gasteiger partial charge in [0.1, 0.15) is 11.6 Å². The van der Waals surface area contributed by atoms with E-state index in [0.717, 1.165) is 10.8 Å². The maximum absolute atomic E-state index is 13.0. The summed E-state index contributed by atoms with van der Waals surface area (Å²) in [7, 11) is 1.43. The van der Waals surface area contributed by atoms with Crippen molar-refractivity contribution in [3.05, 3.63) is 107 Å². The summed E-state index contributed by atoms with van der Waals surface area (Å²) in [5.74, 6) is -2.34. The van der Waals surface area contributed by atoms with Crippen LogP contribution in [0, 0.1) is 11.3 Å². The molecule has 4 aromatic rings. The number of fused-ring (bicyclic) bond motifs is 1. The summed E-state index contributed by atoms with van der Waals surface area (Å²) in [4.78, 5) is 36.7. The molecule has 0 saturated heterocycles. The lowest BCUT2D eigenvalue weighted by Gasteiger charge is -2.12. The first-order chi connectivity index (χ1) is 17.9. The maximum atomic E-state index is 13.0. The Hall–Kier alpha value is -5.42. The number of hydrogen-bond donors (Lipinski definition) is 1. The van der Waals surface area contributed by atoms with Crippen LogP contribution in [0.4, 0.5) is 5.69 Å². The van der Waals surface area contributed by atoms with E-state index in [1.165, 1.54) is 43.5 Å². The average molecular weight is 491 g/mol. The predicted molar refractivity (Wildman–Crippen MR) is 135 cm³/mol. The smallest absolute Gasteiger partial charge is 0.344 e. The first kappa shape index (κ1) is 24.7. The van der Waals surface area contributed by atoms with Gasteiger partial charge in [-0.2, -0.15) is 5.26 Å². The topological polar surface area (TPSA) is 129 Å². The molecule has 0 fully saturated rings. The van der Waals surface area contributed by atoms with Crippen LogP contribution < -0.4 is 19.9 Å². The maximum Gasteiger partial charge on any atom is 0.344 e. The number of carboxylic acid groups (broad SMARTS) is 1. The summed E-state index contributed by atoms with van der Waals surface area (Å²) in [5, 5.41) is 24.7. The summed E-state index contributed by atoms with van der Waals surface area (Å²) in [6, 6.07) is 24.6. The fourth-order valence-electron chi connectivity index (χ4n) is 3.66. The minimum atomic E-state index is -1.39. The van der Waals surface area contributed by atoms with E-state index in [-0.39, 0.29) is 28.3 Å². The molecule has 37 heavy (non-hydrogen) atoms. The minimum Gasteiger partial charge on any atom is -0.545 e. The lowest BCUT2D eigenvalue weighted by Crippen LogP contribution is -2.22. The fraction of sp³-hybridized carbons (Fsp3) is 0.0345. The van der Waals surface area contributed by atoms with Crippen molar-refractivity contribution in [1.82, 2.24) is 0 Å². The molecule has 0 unspecified atom stereocenters. The first-order valence-corrected chi connectivity index (χ1v) is 11.0. The number of nitrogens with one attached hydrogen (secondary N) is 1. The Morgan fingerprint density at radius 3 is 2.43 bits per heavy atom. The van der Waals surface area contributed by atoms with Crippen molar-refractivity contribution in [3.63, 3.8) is 0 Å². The lowest BCUT2D eigenvalue weighted by molar-refractivity contribution is -0.255. The summed E-state index contributed by atoms with van der Waals surface area (Å²) >= 11 is 0. The largest absolute Gasteiger partial charge is 0.545 e. The van der Waals surface area contributed by atoms with Gasteiger partial charge in [0.05, 0.1) is 18.6 Å². The fourth-order valence-corrected chi connectivity index (χ4v) is 3.66. The zero-order valence-electron chi connectivity index (χ0n) is 19.6. The van der Waals surface area contributed by atoms with Crippen LogP contribution in [0.1, 0.15) is 26.3 Å². The van der Waals surface area contributed by atoms with Crippen LogP contribution in [0.2, 0.25) is 0 Å². The third kappa shape index (κ3) is 5.63. The van der Waals surface area contributed by atoms with Crippen LogP contribution in [0.15, 0.2) is 90.5 Å². The molecule has 0 spiro atoms. The number of nitriles is 1. The standard InChI is InChI=1S/C29H20N2O6/c1-36-25-13-12-18(14-21(17-30)27(32)31-22-9-4-8-20(16-22)28(33)34)15-26(25)37-29(35)24-11-5-7-19-6-2-3-10-23(19)24/h2-16H,1H3,(H,31,32)(H,33,34)/p-1/b21-14+. The van der Waals surface area contributed by atoms with E-state index in [1.54, 1.807) is 24.3 Å². The SMILES string of the molecule is COc1ccc(/C=C(\C#N)C(=O)Nc2cccc(C(=O)[O-])c2)cc1OC(=O)c1cccc2ccccc12. The van der Waals surface area contributed by atoms with Crippen molar-refractivity contribution in [3.8, 4) is 17.6 Å². The third-order valence-electron chi connectivity index (χ3n) is 5.43. The van der Waals surface area contributed by atoms with Gasteiger partial charge in [0.15, 0.2) is 11.5 Å². The first-order valence-electron chi connectivity index (χ1n) is 11.0. The Morgan fingerprint density at radius 2 is 1.68 bits per heavy atom. The van der Waals surface area contributed by atoms with Crippen LogP contribution in [0.25, 0.3) is 16.8 Å². The number of hydrogen-bond acceptors (Lipinski definition) is 7. The van der Waals surface area contributed by atoms with Gasteiger partial charge in [-0.25, -0.2) is 4.79 Å². The molecule has 4 aromatic carbocycles. The Labute approximate surface area is 212 Å². The molecule has 1 N–H and O–H groups in total. The molecule has 0 aliphatic heterocycles. The molecular weight excluding hydrogens is 472 g/mol. The molecule has 0 atom stereocenters. The van der Waals surface area contributed by atoms with Gasteiger partial charge in [0, 0.05) is 5.69 Å². The molecule has 4 rings (SSSR count). The van der Waals surface area contributed by atoms with Gasteiger partial charge in [0.2, 0.25) is 0 Å². The highest BCUT2D eigenvalue weighted by molar-refractivity contribution is 6.10. The van der Waals surface area contributed by atoms with Crippen molar-refractivity contribution in [2.24, 2.45) is 0 Å². The highest BCUT2D eigenvalue weighted by atomic mass is 16.6. The quantitative estimate of drug-likeness (QED) is 0.179. The van der Waals surface area contributed by atoms with E-state index in [0.29, 0.717) is 11.1 Å². The number of amides is 1. The number of aromatic carboxylic acids is 1. The summed E-state index contributed by atoms with van der Waals surface area (Å²) in [5.41, 5.74) is 0.587. The number of carbonyl (C=O) groups excluding carboxylic acids is 3. The van der Waals surface area contributed by atoms with Gasteiger partial charge in [-0.15, -0.1) is 0 Å². The van der Waals surface area contributed by atoms with Crippen LogP contribution in [-0.2, 0) is 4.79 Å². The number of rotatable bonds is 7. The molecule has 1 amide bonds. The van der Waals surface area contributed by atoms with Crippen LogP contribution in [-0.4, -0.2) is 25.0 Å². The Kier molecular flexibility index (Phi) is 7.27. The zero-order valence-corrected chi connectivity index (χ0v) is 19.6. The van der Waals surface area contributed by atoms with Crippen molar-refractivity contribution in [1.29, 1.82) is 5.26 Å². The van der Waals surface area contributed by atoms with Gasteiger partial charge >= 0.3 is 5.97 Å². The Balaban J connectivity index is 1.60. The molecule has 182 valence electrons. The van der Waals surface area contributed by atoms with Crippen LogP contribution >= 0.6 is 0 Å². The van der Waals surface area contributed by atoms with Crippen molar-refractivity contribution < 1.29 is 29.0 Å². The average Bonchev–Trinajstić information content (AvgIpc) is 2.91. The molecule has 8 heteroatoms. The second-order valence-electron chi connectivity index (χ2n) is 7.82. The van der Waals surface area contributed by atoms with Gasteiger partial charge in [-0.05, 0) is 58.3 Å². The molecule has 8 nitrogen and oxygen atoms in total. The predicted octanol–water partition coefficient (Wildman–Crippen LogP) is 3.98. The van der Waals surface area contributed by atoms with Crippen LogP contribution in [0.3, 0.4) is 0 Å². The van der Waals surface area contributed by atoms with Crippen LogP contribution in [0.5, 0.6) is 11.5 Å². The Morgan fingerprint density at radius 1 is 0.919 bits per heavy atom. The van der Waals surface area contributed by atoms with E-state index >= 15 is 0 Å². The van der Waals surface area contributed by atoms with E-state index in [2.05, 4.69) is 5.32 Å². The number of anilines is 1. The molecule has 0 aliphatic rings. The van der Waals surface area contributed by atoms with Crippen molar-refractivity contribution >= 4 is 40.4 Å². The number of carbonyl (C=O) groups is 3. The summed E-state index contributed by atoms with van der Waals surface area (Å²) in [6.45, 7) is 0. The number of esters is 1. The lowest BCUT2D eigenvalue weighted by atomic mass is 10.0. The molecule has 0 bridgehead atoms. The van der Waals surface area contributed by atoms with Gasteiger partial charge in [-0.3, -0.25) is 4.79 Å². The van der Waals surface area contributed by atoms with Gasteiger partial charge < -0.3 is 24.7 Å². The number of methoxy groups -OCH3 is 1. The van der Waals surface area contributed by atoms with Gasteiger partial charge in [-0.1, -0.05) is 54.6 Å². The van der Waals surface area contributed by atoms with Gasteiger partial charge in [0.25, 0.3) is 5.91 Å². The second kappa shape index (κ2) is 10.9. The normalized spacial score (nSPS) is 10.9. The molecule has 0 aromatic heterocycles. The summed E-state index contributed by atoms with van der Waals surface area (Å²) in [6.07, 6.45) is 1.31. The minimum absolute atomic E-state index is 0.105. The zero-order chi connectivity index (χ0) is 26.4. The molecule has 0 saturated carbocycles. The highest BCUT2D eigenvalue weighted by Gasteiger charge is 2.16. The number of benzene rings is 4. The van der Waals surface area contributed by atoms with E-state index < -0.39 is 17.8 Å². The second-order valence-corrected chi connectivity index (χ2v) is 7.82. The number of ether oxygens (including phenoxy) is 2. The van der Waals surface area contributed by atoms with Crippen molar-refractivity contribution in [2.45, 2.75) is 0 Å². The van der Waals surface area contributed by atoms with Crippen molar-refractivity contribution in [2.75, 3.05) is 12.4 Å².